The van der Waals surface area contributed by atoms with E-state index in [0.29, 0.717) is 30.6 Å². The standard InChI is InChI=1S/C15H18FNO3/c1-9-8-17(7-6-11(9)15(19)20)14(18)12-4-3-5-13(16)10(12)2/h3-5,9,11H,6-8H2,1-2H3,(H,19,20). The first-order valence-electron chi connectivity index (χ1n) is 6.69. The van der Waals surface area contributed by atoms with Crippen molar-refractivity contribution in [3.63, 3.8) is 0 Å². The van der Waals surface area contributed by atoms with E-state index in [1.165, 1.54) is 12.1 Å². The number of benzene rings is 1. The molecule has 20 heavy (non-hydrogen) atoms. The van der Waals surface area contributed by atoms with Crippen molar-refractivity contribution >= 4 is 11.9 Å². The van der Waals surface area contributed by atoms with Crippen LogP contribution in [0.1, 0.15) is 29.3 Å². The zero-order valence-electron chi connectivity index (χ0n) is 11.6. The van der Waals surface area contributed by atoms with Crippen LogP contribution in [0.2, 0.25) is 0 Å². The van der Waals surface area contributed by atoms with Gasteiger partial charge in [-0.15, -0.1) is 0 Å². The quantitative estimate of drug-likeness (QED) is 0.903. The third-order valence-electron chi connectivity index (χ3n) is 4.01. The molecule has 1 fully saturated rings. The maximum atomic E-state index is 13.5. The summed E-state index contributed by atoms with van der Waals surface area (Å²) in [5.74, 6) is -1.94. The number of carbonyl (C=O) groups excluding carboxylic acids is 1. The molecule has 2 unspecified atom stereocenters. The smallest absolute Gasteiger partial charge is 0.306 e. The minimum Gasteiger partial charge on any atom is -0.481 e. The summed E-state index contributed by atoms with van der Waals surface area (Å²) in [6, 6.07) is 4.45. The molecule has 2 rings (SSSR count). The number of halogens is 1. The number of aliphatic carboxylic acids is 1. The molecule has 0 aromatic heterocycles. The normalized spacial score (nSPS) is 22.6. The summed E-state index contributed by atoms with van der Waals surface area (Å²) in [4.78, 5) is 25.1. The summed E-state index contributed by atoms with van der Waals surface area (Å²) >= 11 is 0. The fourth-order valence-corrected chi connectivity index (χ4v) is 2.71. The van der Waals surface area contributed by atoms with Crippen LogP contribution in [0.15, 0.2) is 18.2 Å². The molecule has 0 saturated carbocycles. The van der Waals surface area contributed by atoms with Crippen LogP contribution in [0.25, 0.3) is 0 Å². The Hall–Kier alpha value is -1.91. The van der Waals surface area contributed by atoms with Gasteiger partial charge in [0, 0.05) is 18.7 Å². The average Bonchev–Trinajstić information content (AvgIpc) is 2.40. The van der Waals surface area contributed by atoms with Gasteiger partial charge in [-0.3, -0.25) is 9.59 Å². The Morgan fingerprint density at radius 3 is 2.70 bits per heavy atom. The second kappa shape index (κ2) is 5.61. The van der Waals surface area contributed by atoms with Crippen LogP contribution >= 0.6 is 0 Å². The van der Waals surface area contributed by atoms with Crippen LogP contribution in [0.3, 0.4) is 0 Å². The lowest BCUT2D eigenvalue weighted by Gasteiger charge is -2.35. The number of carboxylic acid groups (broad SMARTS) is 1. The van der Waals surface area contributed by atoms with Crippen molar-refractivity contribution in [3.8, 4) is 0 Å². The monoisotopic (exact) mass is 279 g/mol. The molecule has 5 heteroatoms. The SMILES string of the molecule is Cc1c(F)cccc1C(=O)N1CCC(C(=O)O)C(C)C1. The maximum absolute atomic E-state index is 13.5. The number of hydrogen-bond donors (Lipinski definition) is 1. The Morgan fingerprint density at radius 2 is 2.10 bits per heavy atom. The summed E-state index contributed by atoms with van der Waals surface area (Å²) in [6.45, 7) is 4.20. The molecule has 1 N–H and O–H groups in total. The van der Waals surface area contributed by atoms with E-state index in [1.807, 2.05) is 6.92 Å². The van der Waals surface area contributed by atoms with E-state index in [-0.39, 0.29) is 11.8 Å². The van der Waals surface area contributed by atoms with Crippen molar-refractivity contribution in [3.05, 3.63) is 35.1 Å². The lowest BCUT2D eigenvalue weighted by Crippen LogP contribution is -2.45. The van der Waals surface area contributed by atoms with Crippen molar-refractivity contribution in [2.75, 3.05) is 13.1 Å². The second-order valence-corrected chi connectivity index (χ2v) is 5.37. The summed E-state index contributed by atoms with van der Waals surface area (Å²) in [5, 5.41) is 9.08. The van der Waals surface area contributed by atoms with Crippen LogP contribution < -0.4 is 0 Å². The fourth-order valence-electron chi connectivity index (χ4n) is 2.71. The van der Waals surface area contributed by atoms with E-state index in [4.69, 9.17) is 5.11 Å². The van der Waals surface area contributed by atoms with E-state index in [1.54, 1.807) is 17.9 Å². The number of amides is 1. The molecule has 0 spiro atoms. The van der Waals surface area contributed by atoms with Gasteiger partial charge in [0.25, 0.3) is 5.91 Å². The summed E-state index contributed by atoms with van der Waals surface area (Å²) < 4.78 is 13.5. The van der Waals surface area contributed by atoms with Gasteiger partial charge in [0.2, 0.25) is 0 Å². The molecule has 0 bridgehead atoms. The van der Waals surface area contributed by atoms with Gasteiger partial charge in [0.05, 0.1) is 5.92 Å². The Labute approximate surface area is 117 Å². The molecule has 2 atom stereocenters. The van der Waals surface area contributed by atoms with Crippen LogP contribution in [0, 0.1) is 24.6 Å². The maximum Gasteiger partial charge on any atom is 0.306 e. The molecule has 1 aliphatic heterocycles. The van der Waals surface area contributed by atoms with Crippen molar-refractivity contribution in [2.24, 2.45) is 11.8 Å². The lowest BCUT2D eigenvalue weighted by atomic mass is 9.86. The number of piperidine rings is 1. The van der Waals surface area contributed by atoms with Gasteiger partial charge in [-0.2, -0.15) is 0 Å². The highest BCUT2D eigenvalue weighted by atomic mass is 19.1. The van der Waals surface area contributed by atoms with Gasteiger partial charge >= 0.3 is 5.97 Å². The zero-order valence-corrected chi connectivity index (χ0v) is 11.6. The molecule has 1 amide bonds. The summed E-state index contributed by atoms with van der Waals surface area (Å²) in [7, 11) is 0. The first kappa shape index (κ1) is 14.5. The Balaban J connectivity index is 2.15. The molecule has 0 radical (unpaired) electrons. The van der Waals surface area contributed by atoms with Crippen LogP contribution in [0.5, 0.6) is 0 Å². The Kier molecular flexibility index (Phi) is 4.06. The Bertz CT molecular complexity index is 544. The highest BCUT2D eigenvalue weighted by molar-refractivity contribution is 5.95. The van der Waals surface area contributed by atoms with Crippen LogP contribution in [0.4, 0.5) is 4.39 Å². The van der Waals surface area contributed by atoms with Crippen molar-refractivity contribution < 1.29 is 19.1 Å². The molecule has 1 heterocycles. The number of rotatable bonds is 2. The van der Waals surface area contributed by atoms with Gasteiger partial charge in [0.1, 0.15) is 5.82 Å². The van der Waals surface area contributed by atoms with Crippen molar-refractivity contribution in [1.82, 2.24) is 4.90 Å². The molecular formula is C15H18FNO3. The molecule has 1 aliphatic rings. The molecule has 0 aliphatic carbocycles. The molecule has 1 aromatic carbocycles. The summed E-state index contributed by atoms with van der Waals surface area (Å²) in [5.41, 5.74) is 0.691. The van der Waals surface area contributed by atoms with Gasteiger partial charge in [-0.05, 0) is 37.0 Å². The topological polar surface area (TPSA) is 57.6 Å². The van der Waals surface area contributed by atoms with Crippen LogP contribution in [-0.4, -0.2) is 35.0 Å². The molecule has 1 saturated heterocycles. The van der Waals surface area contributed by atoms with Gasteiger partial charge in [0.15, 0.2) is 0 Å². The largest absolute Gasteiger partial charge is 0.481 e. The van der Waals surface area contributed by atoms with Crippen LogP contribution in [-0.2, 0) is 4.79 Å². The van der Waals surface area contributed by atoms with E-state index < -0.39 is 17.7 Å². The second-order valence-electron chi connectivity index (χ2n) is 5.37. The number of nitrogens with zero attached hydrogens (tertiary/aromatic N) is 1. The number of carbonyl (C=O) groups is 2. The fraction of sp³-hybridized carbons (Fsp3) is 0.467. The van der Waals surface area contributed by atoms with E-state index in [2.05, 4.69) is 0 Å². The minimum atomic E-state index is -0.813. The molecule has 108 valence electrons. The predicted octanol–water partition coefficient (Wildman–Crippen LogP) is 2.32. The summed E-state index contributed by atoms with van der Waals surface area (Å²) in [6.07, 6.45) is 0.441. The highest BCUT2D eigenvalue weighted by Gasteiger charge is 2.33. The zero-order chi connectivity index (χ0) is 14.9. The lowest BCUT2D eigenvalue weighted by molar-refractivity contribution is -0.145. The highest BCUT2D eigenvalue weighted by Crippen LogP contribution is 2.25. The molecule has 4 nitrogen and oxygen atoms in total. The van der Waals surface area contributed by atoms with Gasteiger partial charge in [-0.1, -0.05) is 13.0 Å². The minimum absolute atomic E-state index is 0.0981. The molecular weight excluding hydrogens is 261 g/mol. The van der Waals surface area contributed by atoms with Gasteiger partial charge in [-0.25, -0.2) is 4.39 Å². The third-order valence-corrected chi connectivity index (χ3v) is 4.01. The van der Waals surface area contributed by atoms with Crippen molar-refractivity contribution in [1.29, 1.82) is 0 Å². The Morgan fingerprint density at radius 1 is 1.40 bits per heavy atom. The third kappa shape index (κ3) is 2.66. The first-order valence-corrected chi connectivity index (χ1v) is 6.69. The number of carboxylic acids is 1. The van der Waals surface area contributed by atoms with E-state index in [9.17, 15) is 14.0 Å². The number of likely N-dealkylation sites (tertiary alicyclic amines) is 1. The van der Waals surface area contributed by atoms with Gasteiger partial charge < -0.3 is 10.0 Å². The average molecular weight is 279 g/mol. The number of hydrogen-bond acceptors (Lipinski definition) is 2. The van der Waals surface area contributed by atoms with Crippen molar-refractivity contribution in [2.45, 2.75) is 20.3 Å². The molecule has 1 aromatic rings. The predicted molar refractivity (Wildman–Crippen MR) is 71.9 cm³/mol. The van der Waals surface area contributed by atoms with E-state index in [0.717, 1.165) is 0 Å². The first-order chi connectivity index (χ1) is 9.41. The van der Waals surface area contributed by atoms with E-state index >= 15 is 0 Å².